The van der Waals surface area contributed by atoms with Gasteiger partial charge in [-0.1, -0.05) is 23.5 Å². The van der Waals surface area contributed by atoms with Gasteiger partial charge in [-0.05, 0) is 12.1 Å². The van der Waals surface area contributed by atoms with E-state index < -0.39 is 12.1 Å². The van der Waals surface area contributed by atoms with Crippen molar-refractivity contribution < 1.29 is 14.6 Å². The Bertz CT molecular complexity index is 573. The number of carboxylic acid groups (broad SMARTS) is 1. The summed E-state index contributed by atoms with van der Waals surface area (Å²) in [5.41, 5.74) is 2.43. The van der Waals surface area contributed by atoms with Gasteiger partial charge in [0.15, 0.2) is 0 Å². The van der Waals surface area contributed by atoms with Crippen LogP contribution in [0.4, 0.5) is 10.8 Å². The van der Waals surface area contributed by atoms with E-state index in [0.717, 1.165) is 5.69 Å². The summed E-state index contributed by atoms with van der Waals surface area (Å²) in [5, 5.41) is 17.5. The molecule has 0 saturated carbocycles. The van der Waals surface area contributed by atoms with Gasteiger partial charge in [0, 0.05) is 0 Å². The molecule has 1 unspecified atom stereocenters. The molecule has 0 spiro atoms. The second kappa shape index (κ2) is 4.26. The maximum Gasteiger partial charge on any atom is 0.346 e. The molecular formula is C11H9N3O3S. The maximum atomic E-state index is 11.1. The van der Waals surface area contributed by atoms with E-state index in [2.05, 4.69) is 10.2 Å². The number of ether oxygens (including phenoxy) is 1. The van der Waals surface area contributed by atoms with Crippen LogP contribution in [0.1, 0.15) is 0 Å². The second-order valence-corrected chi connectivity index (χ2v) is 4.56. The van der Waals surface area contributed by atoms with Gasteiger partial charge in [0.2, 0.25) is 11.2 Å². The van der Waals surface area contributed by atoms with Gasteiger partial charge in [0.1, 0.15) is 11.3 Å². The molecule has 0 aliphatic carbocycles. The Labute approximate surface area is 106 Å². The lowest BCUT2D eigenvalue weighted by atomic mass is 10.2. The fourth-order valence-corrected chi connectivity index (χ4v) is 2.41. The van der Waals surface area contributed by atoms with Crippen molar-refractivity contribution in [3.63, 3.8) is 0 Å². The van der Waals surface area contributed by atoms with Crippen LogP contribution in [0, 0.1) is 0 Å². The third-order valence-corrected chi connectivity index (χ3v) is 3.34. The molecule has 2 heterocycles. The molecule has 0 saturated heterocycles. The number of carboxylic acids is 1. The number of fused-ring (bicyclic) bond motifs is 1. The van der Waals surface area contributed by atoms with Gasteiger partial charge < -0.3 is 14.7 Å². The van der Waals surface area contributed by atoms with Gasteiger partial charge in [0.05, 0.1) is 12.2 Å². The molecule has 7 heteroatoms. The first-order chi connectivity index (χ1) is 8.75. The number of aromatic nitrogens is 2. The molecule has 0 amide bonds. The first kappa shape index (κ1) is 11.0. The van der Waals surface area contributed by atoms with Crippen LogP contribution in [-0.2, 0) is 4.79 Å². The third-order valence-electron chi connectivity index (χ3n) is 2.63. The average Bonchev–Trinajstić information content (AvgIpc) is 2.91. The highest BCUT2D eigenvalue weighted by molar-refractivity contribution is 7.13. The molecule has 0 radical (unpaired) electrons. The standard InChI is InChI=1S/C11H9N3O3S/c15-10(16)9-5-14(11-13-12-6-18-11)7-3-1-2-4-8(7)17-9/h1-4,6,9H,5H2,(H,15,16). The molecule has 1 aromatic carbocycles. The summed E-state index contributed by atoms with van der Waals surface area (Å²) in [4.78, 5) is 12.9. The third kappa shape index (κ3) is 1.78. The van der Waals surface area contributed by atoms with E-state index in [4.69, 9.17) is 9.84 Å². The fourth-order valence-electron chi connectivity index (χ4n) is 1.83. The van der Waals surface area contributed by atoms with Crippen LogP contribution in [0.15, 0.2) is 29.8 Å². The molecule has 1 atom stereocenters. The smallest absolute Gasteiger partial charge is 0.346 e. The first-order valence-corrected chi connectivity index (χ1v) is 6.16. The Morgan fingerprint density at radius 2 is 2.33 bits per heavy atom. The molecule has 0 fully saturated rings. The number of para-hydroxylation sites is 2. The summed E-state index contributed by atoms with van der Waals surface area (Å²) in [7, 11) is 0. The molecule has 0 bridgehead atoms. The van der Waals surface area contributed by atoms with Crippen molar-refractivity contribution in [1.29, 1.82) is 0 Å². The molecule has 92 valence electrons. The number of hydrogen-bond donors (Lipinski definition) is 1. The summed E-state index contributed by atoms with van der Waals surface area (Å²) in [6.07, 6.45) is -0.899. The van der Waals surface area contributed by atoms with Crippen molar-refractivity contribution >= 4 is 28.1 Å². The number of rotatable bonds is 2. The Kier molecular flexibility index (Phi) is 2.60. The predicted octanol–water partition coefficient (Wildman–Crippen LogP) is 1.52. The van der Waals surface area contributed by atoms with Crippen molar-refractivity contribution in [2.45, 2.75) is 6.10 Å². The second-order valence-electron chi connectivity index (χ2n) is 3.74. The zero-order valence-electron chi connectivity index (χ0n) is 9.18. The van der Waals surface area contributed by atoms with Gasteiger partial charge in [-0.25, -0.2) is 4.79 Å². The molecular weight excluding hydrogens is 254 g/mol. The van der Waals surface area contributed by atoms with Gasteiger partial charge in [0.25, 0.3) is 0 Å². The van der Waals surface area contributed by atoms with Gasteiger partial charge in [-0.2, -0.15) is 0 Å². The van der Waals surface area contributed by atoms with Crippen LogP contribution in [0.3, 0.4) is 0 Å². The lowest BCUT2D eigenvalue weighted by molar-refractivity contribution is -0.144. The number of anilines is 2. The Balaban J connectivity index is 2.05. The highest BCUT2D eigenvalue weighted by atomic mass is 32.1. The number of nitrogens with zero attached hydrogens (tertiary/aromatic N) is 3. The highest BCUT2D eigenvalue weighted by Gasteiger charge is 2.32. The average molecular weight is 263 g/mol. The summed E-state index contributed by atoms with van der Waals surface area (Å²) in [6, 6.07) is 7.30. The van der Waals surface area contributed by atoms with Crippen LogP contribution in [0.25, 0.3) is 0 Å². The monoisotopic (exact) mass is 263 g/mol. The normalized spacial score (nSPS) is 18.0. The molecule has 2 aromatic rings. The molecule has 1 aromatic heterocycles. The zero-order valence-corrected chi connectivity index (χ0v) is 10.0. The fraction of sp³-hybridized carbons (Fsp3) is 0.182. The molecule has 6 nitrogen and oxygen atoms in total. The number of aliphatic carboxylic acids is 1. The van der Waals surface area contributed by atoms with Crippen LogP contribution >= 0.6 is 11.3 Å². The Morgan fingerprint density at radius 3 is 3.06 bits per heavy atom. The van der Waals surface area contributed by atoms with E-state index in [1.54, 1.807) is 17.6 Å². The van der Waals surface area contributed by atoms with E-state index in [-0.39, 0.29) is 6.54 Å². The minimum Gasteiger partial charge on any atom is -0.478 e. The quantitative estimate of drug-likeness (QED) is 0.885. The van der Waals surface area contributed by atoms with Crippen molar-refractivity contribution in [2.24, 2.45) is 0 Å². The molecule has 1 N–H and O–H groups in total. The van der Waals surface area contributed by atoms with E-state index in [9.17, 15) is 4.79 Å². The molecule has 18 heavy (non-hydrogen) atoms. The molecule has 3 rings (SSSR count). The molecule has 1 aliphatic rings. The summed E-state index contributed by atoms with van der Waals surface area (Å²) in [5.74, 6) is -0.439. The highest BCUT2D eigenvalue weighted by Crippen LogP contribution is 2.38. The Morgan fingerprint density at radius 1 is 1.50 bits per heavy atom. The minimum absolute atomic E-state index is 0.224. The van der Waals surface area contributed by atoms with Crippen LogP contribution < -0.4 is 9.64 Å². The predicted molar refractivity (Wildman–Crippen MR) is 65.4 cm³/mol. The van der Waals surface area contributed by atoms with E-state index in [0.29, 0.717) is 10.9 Å². The number of benzene rings is 1. The topological polar surface area (TPSA) is 75.5 Å². The van der Waals surface area contributed by atoms with Crippen molar-refractivity contribution in [3.05, 3.63) is 29.8 Å². The summed E-state index contributed by atoms with van der Waals surface area (Å²) in [6.45, 7) is 0.224. The SMILES string of the molecule is O=C(O)C1CN(c2nncs2)c2ccccc2O1. The summed E-state index contributed by atoms with van der Waals surface area (Å²) < 4.78 is 5.44. The van der Waals surface area contributed by atoms with E-state index in [1.165, 1.54) is 11.3 Å². The van der Waals surface area contributed by atoms with Gasteiger partial charge in [-0.15, -0.1) is 10.2 Å². The number of hydrogen-bond acceptors (Lipinski definition) is 6. The van der Waals surface area contributed by atoms with Crippen molar-refractivity contribution in [2.75, 3.05) is 11.4 Å². The van der Waals surface area contributed by atoms with Crippen molar-refractivity contribution in [1.82, 2.24) is 10.2 Å². The zero-order chi connectivity index (χ0) is 12.5. The molecule has 1 aliphatic heterocycles. The van der Waals surface area contributed by atoms with Crippen molar-refractivity contribution in [3.8, 4) is 5.75 Å². The Hall–Kier alpha value is -2.15. The van der Waals surface area contributed by atoms with Crippen LogP contribution in [-0.4, -0.2) is 33.9 Å². The van der Waals surface area contributed by atoms with Crippen LogP contribution in [0.2, 0.25) is 0 Å². The lowest BCUT2D eigenvalue weighted by Gasteiger charge is -2.32. The lowest BCUT2D eigenvalue weighted by Crippen LogP contribution is -2.42. The van der Waals surface area contributed by atoms with E-state index in [1.807, 2.05) is 17.0 Å². The van der Waals surface area contributed by atoms with E-state index >= 15 is 0 Å². The van der Waals surface area contributed by atoms with Gasteiger partial charge >= 0.3 is 5.97 Å². The number of carbonyl (C=O) groups is 1. The maximum absolute atomic E-state index is 11.1. The van der Waals surface area contributed by atoms with Crippen LogP contribution in [0.5, 0.6) is 5.75 Å². The minimum atomic E-state index is -0.987. The van der Waals surface area contributed by atoms with Gasteiger partial charge in [-0.3, -0.25) is 0 Å². The first-order valence-electron chi connectivity index (χ1n) is 5.28. The largest absolute Gasteiger partial charge is 0.478 e. The summed E-state index contributed by atoms with van der Waals surface area (Å²) >= 11 is 1.36.